The maximum atomic E-state index is 10.7. The van der Waals surface area contributed by atoms with Crippen molar-refractivity contribution in [3.63, 3.8) is 0 Å². The van der Waals surface area contributed by atoms with E-state index in [1.54, 1.807) is 6.92 Å². The number of carbonyl (C=O) groups excluding carboxylic acids is 2. The maximum absolute atomic E-state index is 10.7. The molecule has 0 aliphatic carbocycles. The second-order valence-electron chi connectivity index (χ2n) is 2.33. The van der Waals surface area contributed by atoms with Crippen LogP contribution in [-0.2, 0) is 14.3 Å². The van der Waals surface area contributed by atoms with Crippen molar-refractivity contribution < 1.29 is 19.4 Å². The molecule has 1 atom stereocenters. The lowest BCUT2D eigenvalue weighted by Gasteiger charge is -2.06. The van der Waals surface area contributed by atoms with Crippen molar-refractivity contribution >= 4 is 11.9 Å². The zero-order valence-corrected chi connectivity index (χ0v) is 6.95. The van der Waals surface area contributed by atoms with E-state index in [4.69, 9.17) is 10.8 Å². The molecule has 0 unspecified atom stereocenters. The average Bonchev–Trinajstić information content (AvgIpc) is 1.84. The highest BCUT2D eigenvalue weighted by Gasteiger charge is 2.13. The molecule has 0 radical (unpaired) electrons. The lowest BCUT2D eigenvalue weighted by atomic mass is 10.2. The maximum Gasteiger partial charge on any atom is 0.308 e. The molecule has 5 nitrogen and oxygen atoms in total. The summed E-state index contributed by atoms with van der Waals surface area (Å²) in [6.45, 7) is 1.93. The fraction of sp³-hybridized carbons (Fsp3) is 0.714. The molecular weight excluding hydrogens is 162 g/mol. The number of carbonyl (C=O) groups is 2. The molecule has 0 saturated carbocycles. The number of hydrogen-bond acceptors (Lipinski definition) is 4. The summed E-state index contributed by atoms with van der Waals surface area (Å²) in [7, 11) is 0. The highest BCUT2D eigenvalue weighted by molar-refractivity contribution is 5.76. The van der Waals surface area contributed by atoms with Gasteiger partial charge in [0.05, 0.1) is 25.6 Å². The van der Waals surface area contributed by atoms with E-state index in [0.717, 1.165) is 0 Å². The van der Waals surface area contributed by atoms with Gasteiger partial charge in [-0.1, -0.05) is 0 Å². The van der Waals surface area contributed by atoms with Gasteiger partial charge in [-0.15, -0.1) is 0 Å². The summed E-state index contributed by atoms with van der Waals surface area (Å²) in [5.41, 5.74) is 4.79. The molecule has 3 N–H and O–H groups in total. The Hall–Kier alpha value is -1.10. The van der Waals surface area contributed by atoms with Gasteiger partial charge in [-0.05, 0) is 6.92 Å². The summed E-state index contributed by atoms with van der Waals surface area (Å²) in [6.07, 6.45) is -1.42. The van der Waals surface area contributed by atoms with Crippen LogP contribution in [0.25, 0.3) is 0 Å². The highest BCUT2D eigenvalue weighted by atomic mass is 16.5. The zero-order chi connectivity index (χ0) is 9.56. The van der Waals surface area contributed by atoms with Gasteiger partial charge in [-0.25, -0.2) is 0 Å². The van der Waals surface area contributed by atoms with Gasteiger partial charge in [0.15, 0.2) is 0 Å². The molecule has 0 heterocycles. The van der Waals surface area contributed by atoms with Gasteiger partial charge in [0.25, 0.3) is 0 Å². The predicted octanol–water partition coefficient (Wildman–Crippen LogP) is -0.824. The van der Waals surface area contributed by atoms with E-state index in [2.05, 4.69) is 4.74 Å². The Morgan fingerprint density at radius 3 is 2.50 bits per heavy atom. The van der Waals surface area contributed by atoms with Crippen molar-refractivity contribution in [2.75, 3.05) is 6.61 Å². The predicted molar refractivity (Wildman–Crippen MR) is 41.1 cm³/mol. The van der Waals surface area contributed by atoms with E-state index in [0.29, 0.717) is 0 Å². The molecule has 0 spiro atoms. The average molecular weight is 175 g/mol. The van der Waals surface area contributed by atoms with Crippen LogP contribution in [0, 0.1) is 0 Å². The van der Waals surface area contributed by atoms with Gasteiger partial charge in [-0.2, -0.15) is 0 Å². The molecule has 5 heteroatoms. The van der Waals surface area contributed by atoms with Crippen LogP contribution in [0.1, 0.15) is 19.8 Å². The third-order valence-corrected chi connectivity index (χ3v) is 1.14. The standard InChI is InChI=1S/C7H13NO4/c1-2-12-7(11)4-5(9)3-6(8)10/h5,9H,2-4H2,1H3,(H2,8,10)/t5-/m1/s1. The van der Waals surface area contributed by atoms with Gasteiger partial charge in [0, 0.05) is 0 Å². The molecule has 0 saturated heterocycles. The number of rotatable bonds is 5. The molecule has 70 valence electrons. The van der Waals surface area contributed by atoms with Crippen LogP contribution in [0.3, 0.4) is 0 Å². The van der Waals surface area contributed by atoms with Crippen LogP contribution >= 0.6 is 0 Å². The molecule has 0 aliphatic rings. The van der Waals surface area contributed by atoms with Gasteiger partial charge >= 0.3 is 5.97 Å². The van der Waals surface area contributed by atoms with E-state index >= 15 is 0 Å². The zero-order valence-electron chi connectivity index (χ0n) is 6.95. The number of nitrogens with two attached hydrogens (primary N) is 1. The molecule has 0 rings (SSSR count). The van der Waals surface area contributed by atoms with Crippen LogP contribution in [0.2, 0.25) is 0 Å². The lowest BCUT2D eigenvalue weighted by molar-refractivity contribution is -0.145. The number of hydrogen-bond donors (Lipinski definition) is 2. The quantitative estimate of drug-likeness (QED) is 0.534. The first-order valence-corrected chi connectivity index (χ1v) is 3.68. The largest absolute Gasteiger partial charge is 0.466 e. The number of aliphatic hydroxyl groups excluding tert-OH is 1. The number of primary amides is 1. The Labute approximate surface area is 70.5 Å². The molecule has 0 aromatic rings. The topological polar surface area (TPSA) is 89.6 Å². The fourth-order valence-electron chi connectivity index (χ4n) is 0.717. The Morgan fingerprint density at radius 1 is 1.50 bits per heavy atom. The third kappa shape index (κ3) is 5.67. The summed E-state index contributed by atoms with van der Waals surface area (Å²) in [5.74, 6) is -1.15. The van der Waals surface area contributed by atoms with Crippen molar-refractivity contribution in [1.29, 1.82) is 0 Å². The lowest BCUT2D eigenvalue weighted by Crippen LogP contribution is -2.23. The Bertz CT molecular complexity index is 169. The van der Waals surface area contributed by atoms with Crippen molar-refractivity contribution in [2.45, 2.75) is 25.9 Å². The molecule has 12 heavy (non-hydrogen) atoms. The van der Waals surface area contributed by atoms with Crippen LogP contribution < -0.4 is 5.73 Å². The first-order chi connectivity index (χ1) is 5.56. The van der Waals surface area contributed by atoms with Crippen molar-refractivity contribution in [3.05, 3.63) is 0 Å². The number of amides is 1. The molecular formula is C7H13NO4. The summed E-state index contributed by atoms with van der Waals surface area (Å²) in [6, 6.07) is 0. The molecule has 0 fully saturated rings. The van der Waals surface area contributed by atoms with Crippen LogP contribution in [-0.4, -0.2) is 29.7 Å². The molecule has 1 amide bonds. The van der Waals surface area contributed by atoms with Crippen molar-refractivity contribution in [2.24, 2.45) is 5.73 Å². The van der Waals surface area contributed by atoms with Crippen LogP contribution in [0.15, 0.2) is 0 Å². The minimum atomic E-state index is -1.03. The van der Waals surface area contributed by atoms with E-state index in [9.17, 15) is 9.59 Å². The Morgan fingerprint density at radius 2 is 2.08 bits per heavy atom. The van der Waals surface area contributed by atoms with Gasteiger partial charge < -0.3 is 15.6 Å². The molecule has 0 aliphatic heterocycles. The van der Waals surface area contributed by atoms with Crippen LogP contribution in [0.4, 0.5) is 0 Å². The monoisotopic (exact) mass is 175 g/mol. The second kappa shape index (κ2) is 5.54. The smallest absolute Gasteiger partial charge is 0.308 e. The van der Waals surface area contributed by atoms with Crippen molar-refractivity contribution in [1.82, 2.24) is 0 Å². The number of ether oxygens (including phenoxy) is 1. The van der Waals surface area contributed by atoms with Crippen molar-refractivity contribution in [3.8, 4) is 0 Å². The summed E-state index contributed by atoms with van der Waals surface area (Å²) in [5, 5.41) is 9.01. The minimum absolute atomic E-state index is 0.184. The molecule has 0 aromatic carbocycles. The summed E-state index contributed by atoms with van der Waals surface area (Å²) in [4.78, 5) is 21.0. The fourth-order valence-corrected chi connectivity index (χ4v) is 0.717. The van der Waals surface area contributed by atoms with Gasteiger partial charge in [0.1, 0.15) is 0 Å². The van der Waals surface area contributed by atoms with Crippen LogP contribution in [0.5, 0.6) is 0 Å². The second-order valence-corrected chi connectivity index (χ2v) is 2.33. The first kappa shape index (κ1) is 10.9. The van der Waals surface area contributed by atoms with E-state index in [-0.39, 0.29) is 19.4 Å². The molecule has 0 bridgehead atoms. The highest BCUT2D eigenvalue weighted by Crippen LogP contribution is 1.98. The summed E-state index contributed by atoms with van der Waals surface area (Å²) < 4.78 is 4.54. The number of esters is 1. The normalized spacial score (nSPS) is 12.2. The van der Waals surface area contributed by atoms with E-state index in [1.807, 2.05) is 0 Å². The number of aliphatic hydroxyl groups is 1. The van der Waals surface area contributed by atoms with E-state index in [1.165, 1.54) is 0 Å². The summed E-state index contributed by atoms with van der Waals surface area (Å²) >= 11 is 0. The van der Waals surface area contributed by atoms with E-state index < -0.39 is 18.0 Å². The first-order valence-electron chi connectivity index (χ1n) is 3.68. The third-order valence-electron chi connectivity index (χ3n) is 1.14. The minimum Gasteiger partial charge on any atom is -0.466 e. The molecule has 0 aromatic heterocycles. The van der Waals surface area contributed by atoms with Gasteiger partial charge in [0.2, 0.25) is 5.91 Å². The van der Waals surface area contributed by atoms with Gasteiger partial charge in [-0.3, -0.25) is 9.59 Å². The SMILES string of the molecule is CCOC(=O)C[C@H](O)CC(N)=O. The Kier molecular flexibility index (Phi) is 5.03. The Balaban J connectivity index is 3.61.